The number of sulfonamides is 1. The molecule has 0 spiro atoms. The minimum absolute atomic E-state index is 0.109. The lowest BCUT2D eigenvalue weighted by atomic mass is 10.3. The molecule has 0 atom stereocenters. The minimum Gasteiger partial charge on any atom is -0.211 e. The highest BCUT2D eigenvalue weighted by atomic mass is 35.5. The van der Waals surface area contributed by atoms with Crippen molar-refractivity contribution in [2.24, 2.45) is 0 Å². The van der Waals surface area contributed by atoms with E-state index in [4.69, 9.17) is 11.6 Å². The van der Waals surface area contributed by atoms with Crippen LogP contribution < -0.4 is 4.72 Å². The molecule has 0 aliphatic heterocycles. The van der Waals surface area contributed by atoms with Crippen LogP contribution in [0.15, 0.2) is 40.6 Å². The van der Waals surface area contributed by atoms with Gasteiger partial charge in [0.25, 0.3) is 0 Å². The molecule has 7 heteroatoms. The number of hydrogen-bond acceptors (Lipinski definition) is 3. The summed E-state index contributed by atoms with van der Waals surface area (Å²) in [5, 5.41) is 1.81. The summed E-state index contributed by atoms with van der Waals surface area (Å²) in [6.45, 7) is 0.274. The molecule has 19 heavy (non-hydrogen) atoms. The third kappa shape index (κ3) is 3.76. The van der Waals surface area contributed by atoms with Crippen LogP contribution in [0.2, 0.25) is 5.02 Å². The summed E-state index contributed by atoms with van der Waals surface area (Å²) in [5.41, 5.74) is 0. The SMILES string of the molecule is O=S(=O)(NCCc1cccs1)c1ccc(F)cc1Cl. The Morgan fingerprint density at radius 1 is 1.32 bits per heavy atom. The highest BCUT2D eigenvalue weighted by Crippen LogP contribution is 2.22. The fourth-order valence-electron chi connectivity index (χ4n) is 1.53. The molecule has 0 amide bonds. The van der Waals surface area contributed by atoms with Crippen LogP contribution in [0.25, 0.3) is 0 Å². The van der Waals surface area contributed by atoms with Crippen LogP contribution in [0.5, 0.6) is 0 Å². The zero-order valence-electron chi connectivity index (χ0n) is 9.77. The minimum atomic E-state index is -3.70. The van der Waals surface area contributed by atoms with Gasteiger partial charge in [-0.3, -0.25) is 0 Å². The Labute approximate surface area is 120 Å². The van der Waals surface area contributed by atoms with Gasteiger partial charge in [-0.25, -0.2) is 17.5 Å². The first-order valence-corrected chi connectivity index (χ1v) is 8.20. The van der Waals surface area contributed by atoms with E-state index in [-0.39, 0.29) is 16.5 Å². The number of halogens is 2. The van der Waals surface area contributed by atoms with E-state index < -0.39 is 15.8 Å². The lowest BCUT2D eigenvalue weighted by molar-refractivity contribution is 0.581. The molecule has 0 fully saturated rings. The first-order valence-electron chi connectivity index (χ1n) is 5.46. The highest BCUT2D eigenvalue weighted by Gasteiger charge is 2.17. The summed E-state index contributed by atoms with van der Waals surface area (Å²) in [4.78, 5) is 0.981. The van der Waals surface area contributed by atoms with Gasteiger partial charge in [0, 0.05) is 11.4 Å². The molecule has 1 N–H and O–H groups in total. The Balaban J connectivity index is 2.05. The molecule has 2 rings (SSSR count). The molecule has 0 radical (unpaired) electrons. The Morgan fingerprint density at radius 2 is 2.11 bits per heavy atom. The molecule has 0 aliphatic rings. The second-order valence-corrected chi connectivity index (χ2v) is 6.98. The second kappa shape index (κ2) is 6.00. The van der Waals surface area contributed by atoms with Crippen molar-refractivity contribution in [3.05, 3.63) is 51.4 Å². The monoisotopic (exact) mass is 319 g/mol. The van der Waals surface area contributed by atoms with Crippen molar-refractivity contribution >= 4 is 33.0 Å². The summed E-state index contributed by atoms with van der Waals surface area (Å²) >= 11 is 7.30. The van der Waals surface area contributed by atoms with Gasteiger partial charge in [0.05, 0.1) is 5.02 Å². The van der Waals surface area contributed by atoms with Gasteiger partial charge in [0.15, 0.2) is 0 Å². The molecule has 2 aromatic rings. The average molecular weight is 320 g/mol. The molecule has 0 aliphatic carbocycles. The van der Waals surface area contributed by atoms with Crippen LogP contribution in [0.3, 0.4) is 0 Å². The van der Waals surface area contributed by atoms with E-state index in [1.165, 1.54) is 0 Å². The van der Waals surface area contributed by atoms with E-state index in [1.807, 2.05) is 17.5 Å². The lowest BCUT2D eigenvalue weighted by Gasteiger charge is -2.07. The van der Waals surface area contributed by atoms with Crippen molar-refractivity contribution in [3.8, 4) is 0 Å². The van der Waals surface area contributed by atoms with Gasteiger partial charge in [-0.05, 0) is 36.1 Å². The summed E-state index contributed by atoms with van der Waals surface area (Å²) in [5.74, 6) is -0.567. The van der Waals surface area contributed by atoms with Crippen LogP contribution in [0.4, 0.5) is 4.39 Å². The zero-order valence-corrected chi connectivity index (χ0v) is 12.2. The Kier molecular flexibility index (Phi) is 4.57. The zero-order chi connectivity index (χ0) is 13.9. The maximum atomic E-state index is 12.9. The van der Waals surface area contributed by atoms with E-state index in [1.54, 1.807) is 11.3 Å². The predicted molar refractivity (Wildman–Crippen MR) is 74.6 cm³/mol. The maximum absolute atomic E-state index is 12.9. The number of nitrogens with one attached hydrogen (secondary N) is 1. The van der Waals surface area contributed by atoms with E-state index in [2.05, 4.69) is 4.72 Å². The van der Waals surface area contributed by atoms with Gasteiger partial charge in [-0.1, -0.05) is 17.7 Å². The average Bonchev–Trinajstić information content (AvgIpc) is 2.81. The predicted octanol–water partition coefficient (Wildman–Crippen LogP) is 3.06. The van der Waals surface area contributed by atoms with Crippen molar-refractivity contribution in [1.29, 1.82) is 0 Å². The molecule has 0 saturated heterocycles. The lowest BCUT2D eigenvalue weighted by Crippen LogP contribution is -2.26. The first kappa shape index (κ1) is 14.5. The molecule has 3 nitrogen and oxygen atoms in total. The Morgan fingerprint density at radius 3 is 2.74 bits per heavy atom. The third-order valence-electron chi connectivity index (χ3n) is 2.43. The summed E-state index contributed by atoms with van der Waals surface area (Å²) < 4.78 is 39.3. The summed E-state index contributed by atoms with van der Waals surface area (Å²) in [6, 6.07) is 7.05. The fraction of sp³-hybridized carbons (Fsp3) is 0.167. The van der Waals surface area contributed by atoms with E-state index in [9.17, 15) is 12.8 Å². The van der Waals surface area contributed by atoms with Crippen LogP contribution >= 0.6 is 22.9 Å². The molecular formula is C12H11ClFNO2S2. The van der Waals surface area contributed by atoms with Gasteiger partial charge in [0.2, 0.25) is 10.0 Å². The standard InChI is InChI=1S/C12H11ClFNO2S2/c13-11-8-9(14)3-4-12(11)19(16,17)15-6-5-10-2-1-7-18-10/h1-4,7-8,15H,5-6H2. The number of benzene rings is 1. The van der Waals surface area contributed by atoms with E-state index >= 15 is 0 Å². The van der Waals surface area contributed by atoms with Gasteiger partial charge in [-0.2, -0.15) is 0 Å². The van der Waals surface area contributed by atoms with Gasteiger partial charge in [0.1, 0.15) is 10.7 Å². The normalized spacial score (nSPS) is 11.7. The molecule has 0 saturated carbocycles. The Bertz CT molecular complexity index is 656. The molecule has 0 bridgehead atoms. The number of rotatable bonds is 5. The van der Waals surface area contributed by atoms with Crippen molar-refractivity contribution in [2.75, 3.05) is 6.54 Å². The summed E-state index contributed by atoms with van der Waals surface area (Å²) in [7, 11) is -3.70. The van der Waals surface area contributed by atoms with Crippen molar-refractivity contribution in [2.45, 2.75) is 11.3 Å². The molecule has 1 heterocycles. The van der Waals surface area contributed by atoms with Crippen LogP contribution in [0.1, 0.15) is 4.88 Å². The van der Waals surface area contributed by atoms with Crippen LogP contribution in [0, 0.1) is 5.82 Å². The molecule has 102 valence electrons. The largest absolute Gasteiger partial charge is 0.242 e. The van der Waals surface area contributed by atoms with Crippen molar-refractivity contribution < 1.29 is 12.8 Å². The van der Waals surface area contributed by atoms with Crippen molar-refractivity contribution in [1.82, 2.24) is 4.72 Å². The van der Waals surface area contributed by atoms with Gasteiger partial charge >= 0.3 is 0 Å². The third-order valence-corrected chi connectivity index (χ3v) is 5.31. The van der Waals surface area contributed by atoms with E-state index in [0.29, 0.717) is 6.42 Å². The fourth-order valence-corrected chi connectivity index (χ4v) is 3.80. The summed E-state index contributed by atoms with van der Waals surface area (Å²) in [6.07, 6.45) is 0.607. The second-order valence-electron chi connectivity index (χ2n) is 3.80. The van der Waals surface area contributed by atoms with E-state index in [0.717, 1.165) is 23.1 Å². The molecule has 1 aromatic heterocycles. The Hall–Kier alpha value is -0.950. The highest BCUT2D eigenvalue weighted by molar-refractivity contribution is 7.89. The van der Waals surface area contributed by atoms with Gasteiger partial charge < -0.3 is 0 Å². The number of thiophene rings is 1. The molecular weight excluding hydrogens is 309 g/mol. The maximum Gasteiger partial charge on any atom is 0.242 e. The number of hydrogen-bond donors (Lipinski definition) is 1. The molecule has 1 aromatic carbocycles. The van der Waals surface area contributed by atoms with Crippen LogP contribution in [-0.2, 0) is 16.4 Å². The topological polar surface area (TPSA) is 46.2 Å². The van der Waals surface area contributed by atoms with Gasteiger partial charge in [-0.15, -0.1) is 11.3 Å². The quantitative estimate of drug-likeness (QED) is 0.920. The smallest absolute Gasteiger partial charge is 0.211 e. The first-order chi connectivity index (χ1) is 8.99. The van der Waals surface area contributed by atoms with Crippen molar-refractivity contribution in [3.63, 3.8) is 0 Å². The molecule has 0 unspecified atom stereocenters. The van der Waals surface area contributed by atoms with Crippen LogP contribution in [-0.4, -0.2) is 15.0 Å².